The highest BCUT2D eigenvalue weighted by atomic mass is 16.5. The second-order valence-corrected chi connectivity index (χ2v) is 2.68. The van der Waals surface area contributed by atoms with Crippen LogP contribution in [0.25, 0.3) is 0 Å². The molecule has 1 heterocycles. The molecule has 11 heavy (non-hydrogen) atoms. The molecule has 1 aromatic rings. The lowest BCUT2D eigenvalue weighted by Crippen LogP contribution is -2.26. The Balaban J connectivity index is 2.73. The molecule has 3 nitrogen and oxygen atoms in total. The van der Waals surface area contributed by atoms with Gasteiger partial charge in [-0.15, -0.1) is 0 Å². The van der Waals surface area contributed by atoms with E-state index in [0.29, 0.717) is 5.76 Å². The standard InChI is InChI=1S/C8H12O3/c1-8(9,6-10-2)7-4-3-5-11-7/h3-5,9H,6H2,1-2H3. The van der Waals surface area contributed by atoms with Crippen molar-refractivity contribution in [2.45, 2.75) is 12.5 Å². The van der Waals surface area contributed by atoms with Crippen molar-refractivity contribution in [2.24, 2.45) is 0 Å². The molecular weight excluding hydrogens is 144 g/mol. The maximum Gasteiger partial charge on any atom is 0.142 e. The van der Waals surface area contributed by atoms with Crippen LogP contribution in [0.2, 0.25) is 0 Å². The van der Waals surface area contributed by atoms with Crippen molar-refractivity contribution in [3.63, 3.8) is 0 Å². The summed E-state index contributed by atoms with van der Waals surface area (Å²) in [5.41, 5.74) is -1.02. The van der Waals surface area contributed by atoms with Crippen LogP contribution >= 0.6 is 0 Å². The minimum absolute atomic E-state index is 0.237. The third kappa shape index (κ3) is 1.82. The third-order valence-electron chi connectivity index (χ3n) is 1.48. The molecule has 1 aromatic heterocycles. The molecule has 0 fully saturated rings. The summed E-state index contributed by atoms with van der Waals surface area (Å²) in [6, 6.07) is 3.46. The minimum Gasteiger partial charge on any atom is -0.466 e. The Bertz CT molecular complexity index is 201. The molecule has 0 spiro atoms. The van der Waals surface area contributed by atoms with Gasteiger partial charge in [-0.1, -0.05) is 0 Å². The lowest BCUT2D eigenvalue weighted by Gasteiger charge is -2.18. The van der Waals surface area contributed by atoms with E-state index in [4.69, 9.17) is 9.15 Å². The lowest BCUT2D eigenvalue weighted by molar-refractivity contribution is -0.0358. The quantitative estimate of drug-likeness (QED) is 0.713. The van der Waals surface area contributed by atoms with E-state index in [1.54, 1.807) is 19.1 Å². The number of ether oxygens (including phenoxy) is 1. The summed E-state index contributed by atoms with van der Waals surface area (Å²) in [5, 5.41) is 9.66. The summed E-state index contributed by atoms with van der Waals surface area (Å²) in [7, 11) is 1.54. The molecule has 1 atom stereocenters. The molecule has 3 heteroatoms. The van der Waals surface area contributed by atoms with Gasteiger partial charge in [-0.05, 0) is 19.1 Å². The van der Waals surface area contributed by atoms with Crippen LogP contribution < -0.4 is 0 Å². The van der Waals surface area contributed by atoms with Crippen LogP contribution in [0.1, 0.15) is 12.7 Å². The van der Waals surface area contributed by atoms with E-state index in [1.807, 2.05) is 0 Å². The Morgan fingerprint density at radius 3 is 2.91 bits per heavy atom. The van der Waals surface area contributed by atoms with E-state index in [-0.39, 0.29) is 6.61 Å². The summed E-state index contributed by atoms with van der Waals surface area (Å²) < 4.78 is 9.84. The van der Waals surface area contributed by atoms with Gasteiger partial charge in [0.1, 0.15) is 11.4 Å². The maximum atomic E-state index is 9.66. The average molecular weight is 156 g/mol. The predicted octanol–water partition coefficient (Wildman–Crippen LogP) is 1.13. The highest BCUT2D eigenvalue weighted by Gasteiger charge is 2.25. The summed E-state index contributed by atoms with van der Waals surface area (Å²) in [6.45, 7) is 1.88. The Labute approximate surface area is 65.6 Å². The molecule has 0 radical (unpaired) electrons. The smallest absolute Gasteiger partial charge is 0.142 e. The molecule has 0 saturated heterocycles. The molecule has 0 aromatic carbocycles. The molecule has 0 aliphatic carbocycles. The van der Waals surface area contributed by atoms with Gasteiger partial charge in [0.15, 0.2) is 0 Å². The van der Waals surface area contributed by atoms with Gasteiger partial charge in [-0.3, -0.25) is 0 Å². The first kappa shape index (κ1) is 8.30. The summed E-state index contributed by atoms with van der Waals surface area (Å²) in [6.07, 6.45) is 1.53. The zero-order valence-electron chi connectivity index (χ0n) is 6.70. The van der Waals surface area contributed by atoms with Crippen molar-refractivity contribution in [1.82, 2.24) is 0 Å². The molecule has 0 aliphatic rings. The fraction of sp³-hybridized carbons (Fsp3) is 0.500. The van der Waals surface area contributed by atoms with Crippen molar-refractivity contribution < 1.29 is 14.3 Å². The first-order chi connectivity index (χ1) is 5.17. The van der Waals surface area contributed by atoms with Crippen molar-refractivity contribution in [3.05, 3.63) is 24.2 Å². The molecule has 0 saturated carbocycles. The third-order valence-corrected chi connectivity index (χ3v) is 1.48. The zero-order chi connectivity index (χ0) is 8.32. The van der Waals surface area contributed by atoms with E-state index in [1.165, 1.54) is 13.4 Å². The van der Waals surface area contributed by atoms with Gasteiger partial charge >= 0.3 is 0 Å². The van der Waals surface area contributed by atoms with Gasteiger partial charge in [-0.2, -0.15) is 0 Å². The van der Waals surface area contributed by atoms with Gasteiger partial charge in [0.05, 0.1) is 12.9 Å². The monoisotopic (exact) mass is 156 g/mol. The van der Waals surface area contributed by atoms with Crippen molar-refractivity contribution in [3.8, 4) is 0 Å². The summed E-state index contributed by atoms with van der Waals surface area (Å²) in [4.78, 5) is 0. The number of methoxy groups -OCH3 is 1. The van der Waals surface area contributed by atoms with Gasteiger partial charge in [0.25, 0.3) is 0 Å². The van der Waals surface area contributed by atoms with Crippen LogP contribution in [0.5, 0.6) is 0 Å². The Morgan fingerprint density at radius 1 is 1.73 bits per heavy atom. The van der Waals surface area contributed by atoms with Gasteiger partial charge in [0, 0.05) is 7.11 Å². The van der Waals surface area contributed by atoms with Crippen LogP contribution in [0.4, 0.5) is 0 Å². The predicted molar refractivity (Wildman–Crippen MR) is 40.2 cm³/mol. The molecular formula is C8H12O3. The number of aliphatic hydroxyl groups is 1. The second-order valence-electron chi connectivity index (χ2n) is 2.68. The van der Waals surface area contributed by atoms with Crippen LogP contribution in [-0.4, -0.2) is 18.8 Å². The molecule has 1 N–H and O–H groups in total. The second kappa shape index (κ2) is 3.07. The van der Waals surface area contributed by atoms with E-state index in [2.05, 4.69) is 0 Å². The Kier molecular flexibility index (Phi) is 2.31. The first-order valence-electron chi connectivity index (χ1n) is 3.42. The molecule has 1 rings (SSSR count). The number of hydrogen-bond acceptors (Lipinski definition) is 3. The number of rotatable bonds is 3. The zero-order valence-corrected chi connectivity index (χ0v) is 6.70. The van der Waals surface area contributed by atoms with Crippen LogP contribution in [0.3, 0.4) is 0 Å². The van der Waals surface area contributed by atoms with Gasteiger partial charge < -0.3 is 14.3 Å². The normalized spacial score (nSPS) is 16.3. The van der Waals surface area contributed by atoms with E-state index >= 15 is 0 Å². The van der Waals surface area contributed by atoms with Crippen LogP contribution in [0.15, 0.2) is 22.8 Å². The minimum atomic E-state index is -1.02. The van der Waals surface area contributed by atoms with E-state index in [0.717, 1.165) is 0 Å². The molecule has 62 valence electrons. The molecule has 1 unspecified atom stereocenters. The van der Waals surface area contributed by atoms with Crippen molar-refractivity contribution >= 4 is 0 Å². The molecule has 0 aliphatic heterocycles. The maximum absolute atomic E-state index is 9.66. The highest BCUT2D eigenvalue weighted by Crippen LogP contribution is 2.20. The fourth-order valence-corrected chi connectivity index (χ4v) is 0.937. The number of furan rings is 1. The molecule has 0 bridgehead atoms. The van der Waals surface area contributed by atoms with Crippen LogP contribution in [0, 0.1) is 0 Å². The fourth-order valence-electron chi connectivity index (χ4n) is 0.937. The van der Waals surface area contributed by atoms with E-state index in [9.17, 15) is 5.11 Å². The first-order valence-corrected chi connectivity index (χ1v) is 3.42. The van der Waals surface area contributed by atoms with Crippen molar-refractivity contribution in [1.29, 1.82) is 0 Å². The Hall–Kier alpha value is -0.800. The van der Waals surface area contributed by atoms with Crippen molar-refractivity contribution in [2.75, 3.05) is 13.7 Å². The van der Waals surface area contributed by atoms with Gasteiger partial charge in [-0.25, -0.2) is 0 Å². The van der Waals surface area contributed by atoms with Crippen LogP contribution in [-0.2, 0) is 10.3 Å². The summed E-state index contributed by atoms with van der Waals surface area (Å²) in [5.74, 6) is 0.527. The topological polar surface area (TPSA) is 42.6 Å². The lowest BCUT2D eigenvalue weighted by atomic mass is 10.1. The SMILES string of the molecule is COCC(C)(O)c1ccco1. The number of hydrogen-bond donors (Lipinski definition) is 1. The average Bonchev–Trinajstić information content (AvgIpc) is 2.37. The van der Waals surface area contributed by atoms with E-state index < -0.39 is 5.60 Å². The molecule has 0 amide bonds. The largest absolute Gasteiger partial charge is 0.466 e. The Morgan fingerprint density at radius 2 is 2.45 bits per heavy atom. The summed E-state index contributed by atoms with van der Waals surface area (Å²) >= 11 is 0. The highest BCUT2D eigenvalue weighted by molar-refractivity contribution is 5.07. The van der Waals surface area contributed by atoms with Gasteiger partial charge in [0.2, 0.25) is 0 Å².